The molecule has 1 heterocycles. The van der Waals surface area contributed by atoms with Crippen LogP contribution in [0.4, 0.5) is 0 Å². The third-order valence-corrected chi connectivity index (χ3v) is 3.20. The predicted molar refractivity (Wildman–Crippen MR) is 81.0 cm³/mol. The molecule has 0 aliphatic rings. The second-order valence-corrected chi connectivity index (χ2v) is 5.03. The fourth-order valence-corrected chi connectivity index (χ4v) is 2.38. The number of benzene rings is 1. The second kappa shape index (κ2) is 6.57. The number of aromatic nitrogens is 2. The van der Waals surface area contributed by atoms with E-state index in [-0.39, 0.29) is 12.1 Å². The molecule has 1 aromatic carbocycles. The number of nitrogens with one attached hydrogen (secondary N) is 1. The lowest BCUT2D eigenvalue weighted by Gasteiger charge is -2.19. The van der Waals surface area contributed by atoms with Crippen LogP contribution < -0.4 is 10.1 Å². The van der Waals surface area contributed by atoms with Crippen LogP contribution in [0.5, 0.6) is 5.75 Å². The Labute approximate surface area is 120 Å². The van der Waals surface area contributed by atoms with Gasteiger partial charge in [0.05, 0.1) is 17.8 Å². The minimum absolute atomic E-state index is 0.119. The Morgan fingerprint density at radius 2 is 2.10 bits per heavy atom. The van der Waals surface area contributed by atoms with Gasteiger partial charge >= 0.3 is 0 Å². The molecule has 20 heavy (non-hydrogen) atoms. The number of hydrogen-bond acceptors (Lipinski definition) is 3. The first-order valence-corrected chi connectivity index (χ1v) is 7.11. The van der Waals surface area contributed by atoms with Crippen LogP contribution in [0.3, 0.4) is 0 Å². The first kappa shape index (κ1) is 14.6. The highest BCUT2D eigenvalue weighted by Crippen LogP contribution is 2.25. The van der Waals surface area contributed by atoms with Crippen molar-refractivity contribution in [3.05, 3.63) is 47.8 Å². The number of rotatable bonds is 6. The van der Waals surface area contributed by atoms with Crippen molar-refractivity contribution in [1.82, 2.24) is 15.1 Å². The van der Waals surface area contributed by atoms with E-state index in [1.54, 1.807) is 0 Å². The van der Waals surface area contributed by atoms with Gasteiger partial charge in [-0.05, 0) is 51.6 Å². The highest BCUT2D eigenvalue weighted by molar-refractivity contribution is 5.34. The van der Waals surface area contributed by atoms with Crippen molar-refractivity contribution in [3.63, 3.8) is 0 Å². The highest BCUT2D eigenvalue weighted by atomic mass is 16.5. The molecule has 2 aromatic rings. The molecular weight excluding hydrogens is 250 g/mol. The van der Waals surface area contributed by atoms with E-state index in [1.165, 1.54) is 5.56 Å². The van der Waals surface area contributed by atoms with Crippen LogP contribution in [0.15, 0.2) is 36.5 Å². The molecule has 0 bridgehead atoms. The van der Waals surface area contributed by atoms with Crippen molar-refractivity contribution in [2.45, 2.75) is 39.5 Å². The summed E-state index contributed by atoms with van der Waals surface area (Å²) in [6.45, 7) is 7.03. The molecule has 0 fully saturated rings. The Balaban J connectivity index is 2.32. The van der Waals surface area contributed by atoms with Crippen molar-refractivity contribution in [3.8, 4) is 5.75 Å². The lowest BCUT2D eigenvalue weighted by molar-refractivity contribution is 0.242. The maximum absolute atomic E-state index is 5.77. The molecule has 2 rings (SSSR count). The standard InChI is InChI=1S/C16H23N3O/c1-5-19-15(9-10-18-19)16(17-4)13-7-6-8-14(11-13)20-12(2)3/h6-12,16-17H,5H2,1-4H3. The largest absolute Gasteiger partial charge is 0.491 e. The van der Waals surface area contributed by atoms with Gasteiger partial charge in [-0.25, -0.2) is 0 Å². The topological polar surface area (TPSA) is 39.1 Å². The third-order valence-electron chi connectivity index (χ3n) is 3.20. The molecule has 1 N–H and O–H groups in total. The van der Waals surface area contributed by atoms with Crippen molar-refractivity contribution < 1.29 is 4.74 Å². The quantitative estimate of drug-likeness (QED) is 0.879. The average molecular weight is 273 g/mol. The molecule has 0 saturated carbocycles. The zero-order valence-corrected chi connectivity index (χ0v) is 12.6. The van der Waals surface area contributed by atoms with Crippen molar-refractivity contribution in [1.29, 1.82) is 0 Å². The van der Waals surface area contributed by atoms with E-state index < -0.39 is 0 Å². The van der Waals surface area contributed by atoms with Crippen molar-refractivity contribution in [2.24, 2.45) is 0 Å². The molecule has 1 atom stereocenters. The van der Waals surface area contributed by atoms with E-state index >= 15 is 0 Å². The molecule has 108 valence electrons. The zero-order chi connectivity index (χ0) is 14.5. The maximum atomic E-state index is 5.77. The lowest BCUT2D eigenvalue weighted by atomic mass is 10.0. The summed E-state index contributed by atoms with van der Waals surface area (Å²) in [6, 6.07) is 10.4. The summed E-state index contributed by atoms with van der Waals surface area (Å²) in [5.74, 6) is 0.903. The Morgan fingerprint density at radius 3 is 2.75 bits per heavy atom. The molecule has 1 aromatic heterocycles. The van der Waals surface area contributed by atoms with Crippen LogP contribution in [0.2, 0.25) is 0 Å². The Hall–Kier alpha value is -1.81. The minimum Gasteiger partial charge on any atom is -0.491 e. The van der Waals surface area contributed by atoms with Gasteiger partial charge in [0.2, 0.25) is 0 Å². The van der Waals surface area contributed by atoms with E-state index in [4.69, 9.17) is 4.74 Å². The number of nitrogens with zero attached hydrogens (tertiary/aromatic N) is 2. The van der Waals surface area contributed by atoms with E-state index in [2.05, 4.69) is 35.5 Å². The Bertz CT molecular complexity index is 548. The monoisotopic (exact) mass is 273 g/mol. The number of ether oxygens (including phenoxy) is 1. The second-order valence-electron chi connectivity index (χ2n) is 5.03. The normalized spacial score (nSPS) is 12.7. The molecule has 0 spiro atoms. The average Bonchev–Trinajstić information content (AvgIpc) is 2.87. The molecule has 4 nitrogen and oxygen atoms in total. The van der Waals surface area contributed by atoms with Crippen LogP contribution in [-0.2, 0) is 6.54 Å². The van der Waals surface area contributed by atoms with Gasteiger partial charge in [0.1, 0.15) is 5.75 Å². The van der Waals surface area contributed by atoms with Gasteiger partial charge in [-0.1, -0.05) is 12.1 Å². The summed E-state index contributed by atoms with van der Waals surface area (Å²) in [5, 5.41) is 7.70. The predicted octanol–water partition coefficient (Wildman–Crippen LogP) is 3.00. The molecular formula is C16H23N3O. The Morgan fingerprint density at radius 1 is 1.30 bits per heavy atom. The zero-order valence-electron chi connectivity index (χ0n) is 12.6. The van der Waals surface area contributed by atoms with Crippen molar-refractivity contribution >= 4 is 0 Å². The molecule has 0 amide bonds. The summed E-state index contributed by atoms with van der Waals surface area (Å²) < 4.78 is 7.78. The minimum atomic E-state index is 0.119. The summed E-state index contributed by atoms with van der Waals surface area (Å²) >= 11 is 0. The molecule has 0 aliphatic carbocycles. The first-order valence-electron chi connectivity index (χ1n) is 7.11. The fraction of sp³-hybridized carbons (Fsp3) is 0.438. The highest BCUT2D eigenvalue weighted by Gasteiger charge is 2.16. The third kappa shape index (κ3) is 3.20. The van der Waals surface area contributed by atoms with Gasteiger partial charge < -0.3 is 10.1 Å². The van der Waals surface area contributed by atoms with Crippen LogP contribution in [0.1, 0.15) is 38.1 Å². The van der Waals surface area contributed by atoms with Gasteiger partial charge in [-0.15, -0.1) is 0 Å². The summed E-state index contributed by atoms with van der Waals surface area (Å²) in [5.41, 5.74) is 2.34. The fourth-order valence-electron chi connectivity index (χ4n) is 2.38. The molecule has 0 radical (unpaired) electrons. The van der Waals surface area contributed by atoms with E-state index in [0.29, 0.717) is 0 Å². The first-order chi connectivity index (χ1) is 9.65. The molecule has 0 aliphatic heterocycles. The van der Waals surface area contributed by atoms with E-state index in [0.717, 1.165) is 18.0 Å². The summed E-state index contributed by atoms with van der Waals surface area (Å²) in [6.07, 6.45) is 2.02. The van der Waals surface area contributed by atoms with Gasteiger partial charge in [0, 0.05) is 12.7 Å². The van der Waals surface area contributed by atoms with Crippen molar-refractivity contribution in [2.75, 3.05) is 7.05 Å². The van der Waals surface area contributed by atoms with Gasteiger partial charge in [0.15, 0.2) is 0 Å². The van der Waals surface area contributed by atoms with E-state index in [1.807, 2.05) is 43.9 Å². The molecule has 4 heteroatoms. The summed E-state index contributed by atoms with van der Waals surface area (Å²) in [7, 11) is 1.97. The smallest absolute Gasteiger partial charge is 0.120 e. The summed E-state index contributed by atoms with van der Waals surface area (Å²) in [4.78, 5) is 0. The number of hydrogen-bond donors (Lipinski definition) is 1. The SMILES string of the molecule is CCn1nccc1C(NC)c1cccc(OC(C)C)c1. The van der Waals surface area contributed by atoms with Crippen LogP contribution >= 0.6 is 0 Å². The lowest BCUT2D eigenvalue weighted by Crippen LogP contribution is -2.21. The Kier molecular flexibility index (Phi) is 4.79. The van der Waals surface area contributed by atoms with E-state index in [9.17, 15) is 0 Å². The van der Waals surface area contributed by atoms with Gasteiger partial charge in [-0.2, -0.15) is 5.10 Å². The molecule has 1 unspecified atom stereocenters. The van der Waals surface area contributed by atoms with Crippen LogP contribution in [0.25, 0.3) is 0 Å². The van der Waals surface area contributed by atoms with Crippen LogP contribution in [0, 0.1) is 0 Å². The van der Waals surface area contributed by atoms with Crippen LogP contribution in [-0.4, -0.2) is 22.9 Å². The van der Waals surface area contributed by atoms with Gasteiger partial charge in [-0.3, -0.25) is 4.68 Å². The maximum Gasteiger partial charge on any atom is 0.120 e. The molecule has 0 saturated heterocycles. The number of aryl methyl sites for hydroxylation is 1. The van der Waals surface area contributed by atoms with Gasteiger partial charge in [0.25, 0.3) is 0 Å².